The molecule has 2 aromatic heterocycles. The summed E-state index contributed by atoms with van der Waals surface area (Å²) in [5.41, 5.74) is 6.62. The molecule has 0 radical (unpaired) electrons. The van der Waals surface area contributed by atoms with Gasteiger partial charge in [0.1, 0.15) is 4.88 Å². The fourth-order valence-corrected chi connectivity index (χ4v) is 3.56. The van der Waals surface area contributed by atoms with Gasteiger partial charge in [0, 0.05) is 50.9 Å². The van der Waals surface area contributed by atoms with E-state index in [4.69, 9.17) is 5.73 Å². The lowest BCUT2D eigenvalue weighted by Gasteiger charge is -2.34. The van der Waals surface area contributed by atoms with Crippen LogP contribution in [0.1, 0.15) is 16.6 Å². The summed E-state index contributed by atoms with van der Waals surface area (Å²) in [5, 5.41) is 0.876. The van der Waals surface area contributed by atoms with Crippen LogP contribution in [0.15, 0.2) is 18.5 Å². The summed E-state index contributed by atoms with van der Waals surface area (Å²) in [7, 11) is 0. The lowest BCUT2D eigenvalue weighted by Crippen LogP contribution is -2.50. The fourth-order valence-electron chi connectivity index (χ4n) is 2.50. The number of thiophene rings is 1. The molecule has 1 aliphatic heterocycles. The van der Waals surface area contributed by atoms with E-state index in [9.17, 15) is 9.59 Å². The monoisotopic (exact) mass is 304 g/mol. The summed E-state index contributed by atoms with van der Waals surface area (Å²) in [6, 6.07) is 1.83. The van der Waals surface area contributed by atoms with Crippen LogP contribution in [-0.4, -0.2) is 52.8 Å². The van der Waals surface area contributed by atoms with Crippen molar-refractivity contribution >= 4 is 38.9 Å². The number of hydrogen-bond donors (Lipinski definition) is 1. The van der Waals surface area contributed by atoms with Gasteiger partial charge in [0.2, 0.25) is 5.91 Å². The van der Waals surface area contributed by atoms with Gasteiger partial charge in [-0.25, -0.2) is 0 Å². The highest BCUT2D eigenvalue weighted by Gasteiger charge is 2.26. The van der Waals surface area contributed by atoms with E-state index in [1.165, 1.54) is 11.3 Å². The fraction of sp³-hybridized carbons (Fsp3) is 0.357. The molecule has 1 fully saturated rings. The molecule has 1 saturated heterocycles. The zero-order chi connectivity index (χ0) is 15.0. The van der Waals surface area contributed by atoms with Crippen molar-refractivity contribution in [1.82, 2.24) is 14.8 Å². The molecular weight excluding hydrogens is 288 g/mol. The topological polar surface area (TPSA) is 79.5 Å². The van der Waals surface area contributed by atoms with E-state index >= 15 is 0 Å². The van der Waals surface area contributed by atoms with E-state index in [0.29, 0.717) is 36.7 Å². The van der Waals surface area contributed by atoms with Gasteiger partial charge >= 0.3 is 0 Å². The highest BCUT2D eigenvalue weighted by atomic mass is 32.1. The van der Waals surface area contributed by atoms with Crippen LogP contribution in [0, 0.1) is 0 Å². The van der Waals surface area contributed by atoms with Gasteiger partial charge in [0.15, 0.2) is 0 Å². The number of hydrogen-bond acceptors (Lipinski definition) is 5. The van der Waals surface area contributed by atoms with E-state index < -0.39 is 0 Å². The summed E-state index contributed by atoms with van der Waals surface area (Å²) < 4.78 is 0.917. The number of anilines is 1. The summed E-state index contributed by atoms with van der Waals surface area (Å²) in [5.74, 6) is -0.00792. The van der Waals surface area contributed by atoms with Crippen molar-refractivity contribution in [2.75, 3.05) is 31.9 Å². The van der Waals surface area contributed by atoms with E-state index in [1.807, 2.05) is 6.07 Å². The molecule has 110 valence electrons. The van der Waals surface area contributed by atoms with Gasteiger partial charge in [-0.1, -0.05) is 0 Å². The minimum Gasteiger partial charge on any atom is -0.397 e. The number of nitrogens with two attached hydrogens (primary N) is 1. The Morgan fingerprint density at radius 1 is 1.24 bits per heavy atom. The number of carbonyl (C=O) groups excluding carboxylic acids is 2. The number of aromatic nitrogens is 1. The number of pyridine rings is 1. The molecule has 3 heterocycles. The highest BCUT2D eigenvalue weighted by Crippen LogP contribution is 2.33. The molecule has 0 saturated carbocycles. The maximum Gasteiger partial charge on any atom is 0.266 e. The Labute approximate surface area is 126 Å². The summed E-state index contributed by atoms with van der Waals surface area (Å²) in [4.78, 5) is 32.0. The summed E-state index contributed by atoms with van der Waals surface area (Å²) in [6.45, 7) is 3.80. The van der Waals surface area contributed by atoms with Crippen LogP contribution < -0.4 is 5.73 Å². The smallest absolute Gasteiger partial charge is 0.266 e. The molecular formula is C14H16N4O2S. The number of nitrogen functional groups attached to an aromatic ring is 1. The normalized spacial score (nSPS) is 15.5. The Kier molecular flexibility index (Phi) is 3.50. The van der Waals surface area contributed by atoms with Crippen LogP contribution in [-0.2, 0) is 4.79 Å². The van der Waals surface area contributed by atoms with E-state index in [-0.39, 0.29) is 11.8 Å². The molecule has 6 nitrogen and oxygen atoms in total. The van der Waals surface area contributed by atoms with E-state index in [1.54, 1.807) is 29.1 Å². The molecule has 2 aromatic rings. The molecule has 0 unspecified atom stereocenters. The second-order valence-electron chi connectivity index (χ2n) is 5.01. The van der Waals surface area contributed by atoms with Crippen molar-refractivity contribution in [1.29, 1.82) is 0 Å². The lowest BCUT2D eigenvalue weighted by atomic mass is 10.2. The van der Waals surface area contributed by atoms with Crippen LogP contribution in [0.3, 0.4) is 0 Å². The maximum atomic E-state index is 12.6. The minimum atomic E-state index is -0.0584. The number of nitrogens with zero attached hydrogens (tertiary/aromatic N) is 3. The molecule has 0 atom stereocenters. The standard InChI is InChI=1S/C14H16N4O2S/c1-9(19)17-4-6-18(7-5-17)14(20)13-12(15)10-2-3-16-8-11(10)21-13/h2-3,8H,4-7,15H2,1H3. The number of fused-ring (bicyclic) bond motifs is 1. The van der Waals surface area contributed by atoms with Crippen LogP contribution in [0.4, 0.5) is 5.69 Å². The van der Waals surface area contributed by atoms with Crippen molar-refractivity contribution in [3.63, 3.8) is 0 Å². The SMILES string of the molecule is CC(=O)N1CCN(C(=O)c2sc3cnccc3c2N)CC1. The molecule has 21 heavy (non-hydrogen) atoms. The lowest BCUT2D eigenvalue weighted by molar-refractivity contribution is -0.130. The molecule has 2 amide bonds. The predicted octanol–water partition coefficient (Wildman–Crippen LogP) is 1.18. The first kappa shape index (κ1) is 13.8. The first-order chi connectivity index (χ1) is 10.1. The molecule has 0 aromatic carbocycles. The zero-order valence-corrected chi connectivity index (χ0v) is 12.5. The van der Waals surface area contributed by atoms with E-state index in [2.05, 4.69) is 4.98 Å². The third-order valence-electron chi connectivity index (χ3n) is 3.74. The first-order valence-electron chi connectivity index (χ1n) is 6.74. The first-order valence-corrected chi connectivity index (χ1v) is 7.56. The Morgan fingerprint density at radius 2 is 1.90 bits per heavy atom. The third-order valence-corrected chi connectivity index (χ3v) is 4.88. The average molecular weight is 304 g/mol. The van der Waals surface area contributed by atoms with E-state index in [0.717, 1.165) is 10.1 Å². The Balaban J connectivity index is 1.82. The summed E-state index contributed by atoms with van der Waals surface area (Å²) >= 11 is 1.37. The Hall–Kier alpha value is -2.15. The third kappa shape index (κ3) is 2.44. The minimum absolute atomic E-state index is 0.0505. The molecule has 1 aliphatic rings. The highest BCUT2D eigenvalue weighted by molar-refractivity contribution is 7.21. The largest absolute Gasteiger partial charge is 0.397 e. The molecule has 2 N–H and O–H groups in total. The number of rotatable bonds is 1. The number of piperazine rings is 1. The van der Waals surface area contributed by atoms with Gasteiger partial charge in [0.25, 0.3) is 5.91 Å². The second-order valence-corrected chi connectivity index (χ2v) is 6.07. The Morgan fingerprint density at radius 3 is 2.52 bits per heavy atom. The van der Waals surface area contributed by atoms with Gasteiger partial charge in [0.05, 0.1) is 10.4 Å². The average Bonchev–Trinajstić information content (AvgIpc) is 2.84. The Bertz CT molecular complexity index is 704. The molecule has 0 aliphatic carbocycles. The van der Waals surface area contributed by atoms with Gasteiger partial charge in [-0.15, -0.1) is 11.3 Å². The zero-order valence-electron chi connectivity index (χ0n) is 11.7. The maximum absolute atomic E-state index is 12.6. The predicted molar refractivity (Wildman–Crippen MR) is 82.2 cm³/mol. The van der Waals surface area contributed by atoms with Crippen LogP contribution >= 0.6 is 11.3 Å². The molecule has 0 bridgehead atoms. The van der Waals surface area contributed by atoms with Crippen LogP contribution in [0.25, 0.3) is 10.1 Å². The van der Waals surface area contributed by atoms with Gasteiger partial charge < -0.3 is 15.5 Å². The van der Waals surface area contributed by atoms with Crippen molar-refractivity contribution in [3.8, 4) is 0 Å². The summed E-state index contributed by atoms with van der Waals surface area (Å²) in [6.07, 6.45) is 3.39. The van der Waals surface area contributed by atoms with Gasteiger partial charge in [-0.3, -0.25) is 14.6 Å². The van der Waals surface area contributed by atoms with Gasteiger partial charge in [-0.2, -0.15) is 0 Å². The van der Waals surface area contributed by atoms with Crippen molar-refractivity contribution in [3.05, 3.63) is 23.3 Å². The number of amides is 2. The van der Waals surface area contributed by atoms with Crippen molar-refractivity contribution < 1.29 is 9.59 Å². The van der Waals surface area contributed by atoms with Crippen molar-refractivity contribution in [2.24, 2.45) is 0 Å². The van der Waals surface area contributed by atoms with Crippen LogP contribution in [0.5, 0.6) is 0 Å². The molecule has 7 heteroatoms. The van der Waals surface area contributed by atoms with Gasteiger partial charge in [-0.05, 0) is 6.07 Å². The molecule has 3 rings (SSSR count). The quantitative estimate of drug-likeness (QED) is 0.858. The van der Waals surface area contributed by atoms with Crippen molar-refractivity contribution in [2.45, 2.75) is 6.92 Å². The second kappa shape index (κ2) is 5.33. The molecule has 0 spiro atoms. The van der Waals surface area contributed by atoms with Crippen LogP contribution in [0.2, 0.25) is 0 Å². The number of carbonyl (C=O) groups is 2.